The van der Waals surface area contributed by atoms with Crippen molar-refractivity contribution in [1.29, 1.82) is 0 Å². The molecule has 0 aromatic rings. The predicted octanol–water partition coefficient (Wildman–Crippen LogP) is 6.82. The van der Waals surface area contributed by atoms with E-state index in [4.69, 9.17) is 9.47 Å². The summed E-state index contributed by atoms with van der Waals surface area (Å²) in [6.07, 6.45) is 14.7. The smallest absolute Gasteiger partial charge is 0.306 e. The summed E-state index contributed by atoms with van der Waals surface area (Å²) in [5.41, 5.74) is 0. The molecule has 0 rings (SSSR count). The van der Waals surface area contributed by atoms with E-state index in [-0.39, 0.29) is 24.3 Å². The highest BCUT2D eigenvalue weighted by molar-refractivity contribution is 5.69. The van der Waals surface area contributed by atoms with E-state index >= 15 is 0 Å². The maximum absolute atomic E-state index is 11.5. The number of aliphatic hydroxyl groups is 1. The van der Waals surface area contributed by atoms with Gasteiger partial charge in [-0.2, -0.15) is 0 Å². The molecular weight excluding hydrogens is 364 g/mol. The van der Waals surface area contributed by atoms with Crippen LogP contribution in [-0.2, 0) is 14.3 Å². The number of ether oxygens (including phenoxy) is 2. The molecule has 0 aromatic carbocycles. The highest BCUT2D eigenvalue weighted by Crippen LogP contribution is 2.18. The van der Waals surface area contributed by atoms with Gasteiger partial charge in [0.05, 0.1) is 18.3 Å². The second kappa shape index (κ2) is 19.4. The first kappa shape index (κ1) is 28.4. The first-order chi connectivity index (χ1) is 13.9. The Kier molecular flexibility index (Phi) is 19.0. The van der Waals surface area contributed by atoms with Gasteiger partial charge in [-0.15, -0.1) is 0 Å². The van der Waals surface area contributed by atoms with Crippen LogP contribution in [0.2, 0.25) is 0 Å². The van der Waals surface area contributed by atoms with Crippen molar-refractivity contribution < 1.29 is 19.4 Å². The van der Waals surface area contributed by atoms with Gasteiger partial charge in [0, 0.05) is 13.0 Å². The molecule has 0 aliphatic heterocycles. The summed E-state index contributed by atoms with van der Waals surface area (Å²) >= 11 is 0. The number of carbonyl (C=O) groups excluding carboxylic acids is 1. The van der Waals surface area contributed by atoms with E-state index in [2.05, 4.69) is 20.8 Å². The molecule has 0 bridgehead atoms. The van der Waals surface area contributed by atoms with Crippen LogP contribution in [0.1, 0.15) is 125 Å². The SMILES string of the molecule is CCCCCCCCC(O)C(CCCCCCCC(=O)OC(C)C)OCC(C)C. The lowest BCUT2D eigenvalue weighted by Crippen LogP contribution is -2.30. The number of rotatable bonds is 20. The topological polar surface area (TPSA) is 55.8 Å². The van der Waals surface area contributed by atoms with Crippen LogP contribution in [-0.4, -0.2) is 36.0 Å². The van der Waals surface area contributed by atoms with Gasteiger partial charge in [-0.1, -0.05) is 85.0 Å². The van der Waals surface area contributed by atoms with Crippen molar-refractivity contribution in [1.82, 2.24) is 0 Å². The maximum atomic E-state index is 11.5. The second-order valence-corrected chi connectivity index (χ2v) is 9.23. The van der Waals surface area contributed by atoms with Gasteiger partial charge in [0.15, 0.2) is 0 Å². The van der Waals surface area contributed by atoms with Crippen LogP contribution >= 0.6 is 0 Å². The fourth-order valence-electron chi connectivity index (χ4n) is 3.49. The lowest BCUT2D eigenvalue weighted by molar-refractivity contribution is -0.147. The van der Waals surface area contributed by atoms with Crippen molar-refractivity contribution in [2.24, 2.45) is 5.92 Å². The van der Waals surface area contributed by atoms with E-state index < -0.39 is 0 Å². The van der Waals surface area contributed by atoms with Crippen molar-refractivity contribution in [3.8, 4) is 0 Å². The third-order valence-electron chi connectivity index (χ3n) is 5.16. The zero-order valence-electron chi connectivity index (χ0n) is 20.1. The summed E-state index contributed by atoms with van der Waals surface area (Å²) in [5, 5.41) is 10.6. The molecule has 2 atom stereocenters. The zero-order chi connectivity index (χ0) is 21.9. The Hall–Kier alpha value is -0.610. The van der Waals surface area contributed by atoms with Crippen LogP contribution < -0.4 is 0 Å². The molecule has 0 aliphatic rings. The Bertz CT molecular complexity index is 368. The average molecular weight is 415 g/mol. The van der Waals surface area contributed by atoms with Gasteiger partial charge in [0.2, 0.25) is 0 Å². The van der Waals surface area contributed by atoms with E-state index in [1.165, 1.54) is 32.1 Å². The summed E-state index contributed by atoms with van der Waals surface area (Å²) in [5.74, 6) is 0.407. The highest BCUT2D eigenvalue weighted by Gasteiger charge is 2.19. The Balaban J connectivity index is 3.96. The summed E-state index contributed by atoms with van der Waals surface area (Å²) in [4.78, 5) is 11.5. The third kappa shape index (κ3) is 19.1. The lowest BCUT2D eigenvalue weighted by Gasteiger charge is -2.24. The minimum absolute atomic E-state index is 0.0203. The zero-order valence-corrected chi connectivity index (χ0v) is 20.1. The summed E-state index contributed by atoms with van der Waals surface area (Å²) in [7, 11) is 0. The standard InChI is InChI=1S/C25H50O4/c1-6-7-8-9-11-14-17-23(26)24(28-20-21(2)3)18-15-12-10-13-16-19-25(27)29-22(4)5/h21-24,26H,6-20H2,1-5H3. The quantitative estimate of drug-likeness (QED) is 0.175. The van der Waals surface area contributed by atoms with Crippen LogP contribution in [0.5, 0.6) is 0 Å². The number of carbonyl (C=O) groups is 1. The first-order valence-electron chi connectivity index (χ1n) is 12.4. The molecular formula is C25H50O4. The molecule has 0 spiro atoms. The van der Waals surface area contributed by atoms with Crippen molar-refractivity contribution in [3.63, 3.8) is 0 Å². The summed E-state index contributed by atoms with van der Waals surface area (Å²) < 4.78 is 11.2. The van der Waals surface area contributed by atoms with Gasteiger partial charge in [0.25, 0.3) is 0 Å². The minimum Gasteiger partial charge on any atom is -0.463 e. The van der Waals surface area contributed by atoms with Crippen LogP contribution in [0, 0.1) is 5.92 Å². The fraction of sp³-hybridized carbons (Fsp3) is 0.960. The highest BCUT2D eigenvalue weighted by atomic mass is 16.5. The molecule has 0 radical (unpaired) electrons. The Labute approximate surface area is 181 Å². The van der Waals surface area contributed by atoms with E-state index in [0.29, 0.717) is 12.3 Å². The van der Waals surface area contributed by atoms with E-state index in [0.717, 1.165) is 58.0 Å². The van der Waals surface area contributed by atoms with E-state index in [1.807, 2.05) is 13.8 Å². The minimum atomic E-state index is -0.342. The second-order valence-electron chi connectivity index (χ2n) is 9.23. The van der Waals surface area contributed by atoms with E-state index in [1.54, 1.807) is 0 Å². The Morgan fingerprint density at radius 3 is 1.93 bits per heavy atom. The third-order valence-corrected chi connectivity index (χ3v) is 5.16. The molecule has 174 valence electrons. The van der Waals surface area contributed by atoms with E-state index in [9.17, 15) is 9.90 Å². The number of aliphatic hydroxyl groups excluding tert-OH is 1. The molecule has 0 saturated heterocycles. The molecule has 0 aliphatic carbocycles. The Morgan fingerprint density at radius 1 is 0.793 bits per heavy atom. The van der Waals surface area contributed by atoms with Crippen LogP contribution in [0.4, 0.5) is 0 Å². The molecule has 4 nitrogen and oxygen atoms in total. The Morgan fingerprint density at radius 2 is 1.34 bits per heavy atom. The average Bonchev–Trinajstić information content (AvgIpc) is 2.65. The number of esters is 1. The molecule has 1 N–H and O–H groups in total. The molecule has 0 heterocycles. The molecule has 0 saturated carbocycles. The van der Waals surface area contributed by atoms with Crippen molar-refractivity contribution >= 4 is 5.97 Å². The number of hydrogen-bond acceptors (Lipinski definition) is 4. The maximum Gasteiger partial charge on any atom is 0.306 e. The van der Waals surface area contributed by atoms with Crippen LogP contribution in [0.25, 0.3) is 0 Å². The van der Waals surface area contributed by atoms with Gasteiger partial charge in [-0.3, -0.25) is 4.79 Å². The van der Waals surface area contributed by atoms with Crippen molar-refractivity contribution in [2.45, 2.75) is 143 Å². The predicted molar refractivity (Wildman–Crippen MR) is 122 cm³/mol. The molecule has 0 aromatic heterocycles. The number of hydrogen-bond donors (Lipinski definition) is 1. The summed E-state index contributed by atoms with van der Waals surface area (Å²) in [6.45, 7) is 11.0. The summed E-state index contributed by atoms with van der Waals surface area (Å²) in [6, 6.07) is 0. The van der Waals surface area contributed by atoms with Gasteiger partial charge in [-0.05, 0) is 39.0 Å². The number of unbranched alkanes of at least 4 members (excludes halogenated alkanes) is 9. The molecule has 0 fully saturated rings. The lowest BCUT2D eigenvalue weighted by atomic mass is 9.99. The molecule has 2 unspecified atom stereocenters. The first-order valence-corrected chi connectivity index (χ1v) is 12.4. The van der Waals surface area contributed by atoms with Gasteiger partial charge in [0.1, 0.15) is 0 Å². The van der Waals surface area contributed by atoms with Crippen LogP contribution in [0.15, 0.2) is 0 Å². The normalized spacial score (nSPS) is 13.8. The van der Waals surface area contributed by atoms with Crippen molar-refractivity contribution in [2.75, 3.05) is 6.61 Å². The van der Waals surface area contributed by atoms with Crippen molar-refractivity contribution in [3.05, 3.63) is 0 Å². The molecule has 4 heteroatoms. The monoisotopic (exact) mass is 414 g/mol. The molecule has 0 amide bonds. The van der Waals surface area contributed by atoms with Crippen LogP contribution in [0.3, 0.4) is 0 Å². The molecule has 29 heavy (non-hydrogen) atoms. The van der Waals surface area contributed by atoms with Gasteiger partial charge in [-0.25, -0.2) is 0 Å². The largest absolute Gasteiger partial charge is 0.463 e. The fourth-order valence-corrected chi connectivity index (χ4v) is 3.49. The van der Waals surface area contributed by atoms with Gasteiger partial charge < -0.3 is 14.6 Å². The van der Waals surface area contributed by atoms with Gasteiger partial charge >= 0.3 is 5.97 Å².